The molecular weight excluding hydrogens is 386 g/mol. The van der Waals surface area contributed by atoms with E-state index in [1.165, 1.54) is 51.4 Å². The lowest BCUT2D eigenvalue weighted by molar-refractivity contribution is 0.304. The summed E-state index contributed by atoms with van der Waals surface area (Å²) in [6, 6.07) is 5.18. The van der Waals surface area contributed by atoms with Crippen molar-refractivity contribution < 1.29 is 0 Å². The van der Waals surface area contributed by atoms with Crippen molar-refractivity contribution in [3.63, 3.8) is 0 Å². The lowest BCUT2D eigenvalue weighted by Crippen LogP contribution is -2.32. The molecule has 1 nitrogen and oxygen atoms in total. The first-order valence-electron chi connectivity index (χ1n) is 13.3. The highest BCUT2D eigenvalue weighted by Gasteiger charge is 2.21. The molecule has 1 aromatic carbocycles. The number of hydrogen-bond acceptors (Lipinski definition) is 1. The van der Waals surface area contributed by atoms with Gasteiger partial charge in [0.05, 0.1) is 0 Å². The van der Waals surface area contributed by atoms with Crippen molar-refractivity contribution in [3.05, 3.63) is 34.4 Å². The Bertz CT molecular complexity index is 689. The molecule has 0 aliphatic carbocycles. The number of nitrogens with two attached hydrogens (primary N) is 1. The molecule has 0 aromatic heterocycles. The minimum Gasteiger partial charge on any atom is -0.326 e. The molecule has 1 heteroatoms. The summed E-state index contributed by atoms with van der Waals surface area (Å²) in [5.41, 5.74) is 13.8. The zero-order valence-corrected chi connectivity index (χ0v) is 23.8. The van der Waals surface area contributed by atoms with Crippen LogP contribution in [-0.4, -0.2) is 5.54 Å². The topological polar surface area (TPSA) is 26.0 Å². The van der Waals surface area contributed by atoms with Crippen LogP contribution in [0, 0.1) is 16.2 Å². The molecule has 0 spiro atoms. The van der Waals surface area contributed by atoms with E-state index in [2.05, 4.69) is 88.3 Å². The van der Waals surface area contributed by atoms with E-state index in [9.17, 15) is 0 Å². The van der Waals surface area contributed by atoms with Crippen molar-refractivity contribution in [2.24, 2.45) is 22.0 Å². The van der Waals surface area contributed by atoms with E-state index in [-0.39, 0.29) is 5.54 Å². The molecule has 1 rings (SSSR count). The molecule has 2 N–H and O–H groups in total. The van der Waals surface area contributed by atoms with Gasteiger partial charge in [-0.05, 0) is 110 Å². The summed E-state index contributed by atoms with van der Waals surface area (Å²) in [7, 11) is 0. The normalized spacial score (nSPS) is 13.6. The molecule has 0 saturated heterocycles. The summed E-state index contributed by atoms with van der Waals surface area (Å²) in [5.74, 6) is 0. The van der Waals surface area contributed by atoms with Crippen molar-refractivity contribution in [3.8, 4) is 0 Å². The number of rotatable bonds is 12. The van der Waals surface area contributed by atoms with E-state index >= 15 is 0 Å². The predicted molar refractivity (Wildman–Crippen MR) is 146 cm³/mol. The average molecular weight is 444 g/mol. The smallest absolute Gasteiger partial charge is 0.0100 e. The van der Waals surface area contributed by atoms with E-state index in [0.717, 1.165) is 12.8 Å². The molecular formula is C31H57N. The maximum Gasteiger partial charge on any atom is 0.0100 e. The first-order chi connectivity index (χ1) is 14.4. The fourth-order valence-corrected chi connectivity index (χ4v) is 4.47. The number of hydrogen-bond donors (Lipinski definition) is 1. The van der Waals surface area contributed by atoms with Gasteiger partial charge in [0.25, 0.3) is 0 Å². The zero-order valence-electron chi connectivity index (χ0n) is 23.8. The first kappa shape index (κ1) is 29.2. The Balaban J connectivity index is 3.33. The second-order valence-electron chi connectivity index (χ2n) is 14.4. The highest BCUT2D eigenvalue weighted by Crippen LogP contribution is 2.33. The Morgan fingerprint density at radius 2 is 0.875 bits per heavy atom. The molecule has 1 aromatic rings. The largest absolute Gasteiger partial charge is 0.326 e. The van der Waals surface area contributed by atoms with Gasteiger partial charge in [0.1, 0.15) is 0 Å². The van der Waals surface area contributed by atoms with Gasteiger partial charge >= 0.3 is 0 Å². The molecule has 0 radical (unpaired) electrons. The SMILES string of the molecule is CCCC(C)(C)CCc1cc(CCC(C)(C)C)c(CCC(C)(C)C)cc1CCC(C)(C)N. The molecule has 0 atom stereocenters. The van der Waals surface area contributed by atoms with Crippen molar-refractivity contribution in [1.29, 1.82) is 0 Å². The van der Waals surface area contributed by atoms with Gasteiger partial charge in [-0.15, -0.1) is 0 Å². The molecule has 0 unspecified atom stereocenters. The minimum atomic E-state index is -0.116. The van der Waals surface area contributed by atoms with Gasteiger partial charge in [0.15, 0.2) is 0 Å². The molecule has 186 valence electrons. The average Bonchev–Trinajstić information content (AvgIpc) is 2.60. The summed E-state index contributed by atoms with van der Waals surface area (Å²) < 4.78 is 0. The van der Waals surface area contributed by atoms with Gasteiger partial charge in [-0.1, -0.05) is 80.9 Å². The summed E-state index contributed by atoms with van der Waals surface area (Å²) in [4.78, 5) is 0. The van der Waals surface area contributed by atoms with E-state index in [1.807, 2.05) is 0 Å². The fraction of sp³-hybridized carbons (Fsp3) is 0.806. The molecule has 0 aliphatic rings. The van der Waals surface area contributed by atoms with Crippen LogP contribution in [0.5, 0.6) is 0 Å². The maximum absolute atomic E-state index is 6.40. The van der Waals surface area contributed by atoms with Crippen molar-refractivity contribution in [2.45, 2.75) is 146 Å². The van der Waals surface area contributed by atoms with Crippen LogP contribution < -0.4 is 5.73 Å². The third-order valence-corrected chi connectivity index (χ3v) is 6.85. The highest BCUT2D eigenvalue weighted by molar-refractivity contribution is 5.39. The van der Waals surface area contributed by atoms with Gasteiger partial charge in [-0.2, -0.15) is 0 Å². The summed E-state index contributed by atoms with van der Waals surface area (Å²) in [5, 5.41) is 0. The van der Waals surface area contributed by atoms with Crippen LogP contribution in [0.1, 0.15) is 137 Å². The summed E-state index contributed by atoms with van der Waals surface area (Å²) >= 11 is 0. The molecule has 0 fully saturated rings. The van der Waals surface area contributed by atoms with Crippen LogP contribution in [0.15, 0.2) is 12.1 Å². The molecule has 0 bridgehead atoms. The van der Waals surface area contributed by atoms with Gasteiger partial charge in [0.2, 0.25) is 0 Å². The Hall–Kier alpha value is -0.820. The second kappa shape index (κ2) is 11.5. The van der Waals surface area contributed by atoms with E-state index in [1.54, 1.807) is 22.3 Å². The maximum atomic E-state index is 6.40. The third-order valence-electron chi connectivity index (χ3n) is 6.85. The van der Waals surface area contributed by atoms with Crippen LogP contribution in [0.3, 0.4) is 0 Å². The Morgan fingerprint density at radius 1 is 0.531 bits per heavy atom. The first-order valence-corrected chi connectivity index (χ1v) is 13.3. The highest BCUT2D eigenvalue weighted by atomic mass is 14.7. The second-order valence-corrected chi connectivity index (χ2v) is 14.4. The third kappa shape index (κ3) is 12.4. The molecule has 0 aliphatic heterocycles. The standard InChI is InChI=1S/C31H57N/c1-12-17-30(8,9)20-15-26-22-24(13-18-28(2,3)4)25(14-19-29(5,6)7)23-27(26)16-21-31(10,11)32/h22-23H,12-21,32H2,1-11H3. The summed E-state index contributed by atoms with van der Waals surface area (Å²) in [6.45, 7) is 25.7. The van der Waals surface area contributed by atoms with E-state index in [0.29, 0.717) is 16.2 Å². The van der Waals surface area contributed by atoms with Gasteiger partial charge in [-0.25, -0.2) is 0 Å². The number of aryl methyl sites for hydroxylation is 4. The van der Waals surface area contributed by atoms with Crippen LogP contribution in [-0.2, 0) is 25.7 Å². The van der Waals surface area contributed by atoms with Crippen molar-refractivity contribution in [2.75, 3.05) is 0 Å². The fourth-order valence-electron chi connectivity index (χ4n) is 4.47. The van der Waals surface area contributed by atoms with Crippen molar-refractivity contribution in [1.82, 2.24) is 0 Å². The lowest BCUT2D eigenvalue weighted by Gasteiger charge is -2.27. The van der Waals surface area contributed by atoms with Crippen LogP contribution in [0.2, 0.25) is 0 Å². The van der Waals surface area contributed by atoms with Gasteiger partial charge in [0, 0.05) is 5.54 Å². The van der Waals surface area contributed by atoms with E-state index < -0.39 is 0 Å². The molecule has 0 saturated carbocycles. The molecule has 0 amide bonds. The molecule has 32 heavy (non-hydrogen) atoms. The monoisotopic (exact) mass is 443 g/mol. The zero-order chi connectivity index (χ0) is 24.8. The predicted octanol–water partition coefficient (Wildman–Crippen LogP) is 9.07. The quantitative estimate of drug-likeness (QED) is 0.342. The summed E-state index contributed by atoms with van der Waals surface area (Å²) in [6.07, 6.45) is 12.0. The van der Waals surface area contributed by atoms with E-state index in [4.69, 9.17) is 5.73 Å². The van der Waals surface area contributed by atoms with Crippen LogP contribution >= 0.6 is 0 Å². The van der Waals surface area contributed by atoms with Gasteiger partial charge in [-0.3, -0.25) is 0 Å². The van der Waals surface area contributed by atoms with Crippen LogP contribution in [0.4, 0.5) is 0 Å². The van der Waals surface area contributed by atoms with Gasteiger partial charge < -0.3 is 5.73 Å². The Morgan fingerprint density at radius 3 is 1.19 bits per heavy atom. The van der Waals surface area contributed by atoms with Crippen molar-refractivity contribution >= 4 is 0 Å². The number of benzene rings is 1. The lowest BCUT2D eigenvalue weighted by atomic mass is 9.79. The van der Waals surface area contributed by atoms with Crippen LogP contribution in [0.25, 0.3) is 0 Å². The Labute approximate surface area is 202 Å². The molecule has 0 heterocycles. The minimum absolute atomic E-state index is 0.116. The Kier molecular flexibility index (Phi) is 10.5.